The van der Waals surface area contributed by atoms with Gasteiger partial charge in [-0.25, -0.2) is 0 Å². The second-order valence-corrected chi connectivity index (χ2v) is 9.85. The molecule has 3 N–H and O–H groups in total. The summed E-state index contributed by atoms with van der Waals surface area (Å²) < 4.78 is 38.8. The number of hydrogen-bond donors (Lipinski definition) is 3. The Morgan fingerprint density at radius 3 is 2.62 bits per heavy atom. The summed E-state index contributed by atoms with van der Waals surface area (Å²) in [5.74, 6) is -1.40. The molecule has 9 nitrogen and oxygen atoms in total. The zero-order chi connectivity index (χ0) is 28.9. The Kier molecular flexibility index (Phi) is 8.59. The van der Waals surface area contributed by atoms with Crippen molar-refractivity contribution < 1.29 is 22.8 Å². The molecule has 2 amide bonds. The molecule has 2 aromatic carbocycles. The fourth-order valence-electron chi connectivity index (χ4n) is 4.24. The van der Waals surface area contributed by atoms with Crippen LogP contribution in [0.4, 0.5) is 30.2 Å². The summed E-state index contributed by atoms with van der Waals surface area (Å²) in [6.07, 6.45) is -2.38. The third-order valence-electron chi connectivity index (χ3n) is 6.06. The summed E-state index contributed by atoms with van der Waals surface area (Å²) in [6.45, 7) is 1.07. The van der Waals surface area contributed by atoms with E-state index in [0.29, 0.717) is 11.4 Å². The molecule has 0 saturated heterocycles. The number of amides is 2. The average Bonchev–Trinajstić information content (AvgIpc) is 3.46. The van der Waals surface area contributed by atoms with Crippen LogP contribution in [-0.2, 0) is 22.6 Å². The molecule has 0 spiro atoms. The lowest BCUT2D eigenvalue weighted by Gasteiger charge is -2.18. The Balaban J connectivity index is 1.50. The summed E-state index contributed by atoms with van der Waals surface area (Å²) in [5, 5.41) is 16.9. The highest BCUT2D eigenvalue weighted by Gasteiger charge is 2.29. The van der Waals surface area contributed by atoms with Crippen molar-refractivity contribution in [3.63, 3.8) is 0 Å². The first kappa shape index (κ1) is 28.4. The molecule has 2 heterocycles. The lowest BCUT2D eigenvalue weighted by atomic mass is 10.2. The van der Waals surface area contributed by atoms with Crippen LogP contribution in [0.25, 0.3) is 11.8 Å². The average molecular weight is 571 g/mol. The zero-order valence-electron chi connectivity index (χ0n) is 21.3. The molecule has 40 heavy (non-hydrogen) atoms. The Labute approximate surface area is 230 Å². The number of carbonyl (C=O) groups excluding carboxylic acids is 2. The van der Waals surface area contributed by atoms with Crippen LogP contribution < -0.4 is 35.6 Å². The highest BCUT2D eigenvalue weighted by atomic mass is 32.1. The van der Waals surface area contributed by atoms with Gasteiger partial charge in [-0.3, -0.25) is 19.0 Å². The minimum Gasteiger partial charge on any atom is -0.362 e. The van der Waals surface area contributed by atoms with Gasteiger partial charge in [0.15, 0.2) is 5.57 Å². The maximum absolute atomic E-state index is 12.9. The normalized spacial score (nSPS) is 13.9. The van der Waals surface area contributed by atoms with Gasteiger partial charge in [0.1, 0.15) is 21.8 Å². The van der Waals surface area contributed by atoms with Crippen LogP contribution in [0.3, 0.4) is 0 Å². The van der Waals surface area contributed by atoms with E-state index in [-0.39, 0.29) is 28.2 Å². The molecule has 0 fully saturated rings. The van der Waals surface area contributed by atoms with Crippen LogP contribution in [0, 0.1) is 11.3 Å². The number of anilines is 3. The fraction of sp³-hybridized carbons (Fsp3) is 0.259. The number of nitriles is 1. The Morgan fingerprint density at radius 1 is 1.15 bits per heavy atom. The number of halogens is 3. The highest BCUT2D eigenvalue weighted by molar-refractivity contribution is 7.07. The lowest BCUT2D eigenvalue weighted by Crippen LogP contribution is -2.37. The van der Waals surface area contributed by atoms with Crippen LogP contribution in [-0.4, -0.2) is 42.2 Å². The van der Waals surface area contributed by atoms with Gasteiger partial charge < -0.3 is 20.9 Å². The minimum atomic E-state index is -4.65. The summed E-state index contributed by atoms with van der Waals surface area (Å²) in [6, 6.07) is 16.4. The van der Waals surface area contributed by atoms with Crippen LogP contribution in [0.2, 0.25) is 0 Å². The van der Waals surface area contributed by atoms with Crippen LogP contribution in [0.1, 0.15) is 12.5 Å². The first-order valence-electron chi connectivity index (χ1n) is 12.3. The van der Waals surface area contributed by atoms with E-state index in [0.717, 1.165) is 34.6 Å². The van der Waals surface area contributed by atoms with Gasteiger partial charge in [-0.2, -0.15) is 18.4 Å². The van der Waals surface area contributed by atoms with Crippen molar-refractivity contribution in [3.8, 4) is 6.07 Å². The first-order chi connectivity index (χ1) is 19.1. The summed E-state index contributed by atoms with van der Waals surface area (Å²) in [5.41, 5.74) is 2.24. The lowest BCUT2D eigenvalue weighted by molar-refractivity contribution is -0.135. The first-order valence-corrected chi connectivity index (χ1v) is 13.1. The Bertz CT molecular complexity index is 1650. The molecule has 208 valence electrons. The standard InChI is InChI=1S/C27H25F3N6O3S/c1-2-36-25(39)22(40-26(36)20(13-31)24(38)33-16-27(28,29)30)14-32-18-7-5-8-19(12-18)34-23(37)15-35-11-10-17-6-3-4-9-21(17)35/h3-9,12,14,32H,2,10-11,15-16H2,1H3,(H,33,38)(H,34,37). The monoisotopic (exact) mass is 570 g/mol. The Morgan fingerprint density at radius 2 is 1.90 bits per heavy atom. The number of nitrogens with one attached hydrogen (secondary N) is 3. The molecule has 3 aromatic rings. The Hall–Kier alpha value is -4.57. The van der Waals surface area contributed by atoms with E-state index >= 15 is 0 Å². The van der Waals surface area contributed by atoms with Crippen molar-refractivity contribution in [1.82, 2.24) is 9.88 Å². The fourth-order valence-corrected chi connectivity index (χ4v) is 5.32. The van der Waals surface area contributed by atoms with Gasteiger partial charge in [0, 0.05) is 36.4 Å². The molecular weight excluding hydrogens is 545 g/mol. The molecule has 0 saturated carbocycles. The molecule has 0 aliphatic carbocycles. The van der Waals surface area contributed by atoms with Crippen LogP contribution >= 0.6 is 11.3 Å². The zero-order valence-corrected chi connectivity index (χ0v) is 22.2. The largest absolute Gasteiger partial charge is 0.405 e. The summed E-state index contributed by atoms with van der Waals surface area (Å²) in [7, 11) is 0. The second-order valence-electron chi connectivity index (χ2n) is 8.82. The molecule has 1 aliphatic heterocycles. The second kappa shape index (κ2) is 12.1. The van der Waals surface area contributed by atoms with Crippen molar-refractivity contribution in [2.75, 3.05) is 35.2 Å². The SMILES string of the molecule is CCn1c(=C(C#N)C(=O)NCC(F)(F)F)sc(=CNc2cccc(NC(=O)CN3CCc4ccccc43)c2)c1=O. The highest BCUT2D eigenvalue weighted by Crippen LogP contribution is 2.27. The number of hydrogen-bond acceptors (Lipinski definition) is 7. The van der Waals surface area contributed by atoms with Crippen LogP contribution in [0.15, 0.2) is 53.3 Å². The third kappa shape index (κ3) is 6.70. The number of aromatic nitrogens is 1. The number of thiazole rings is 1. The number of fused-ring (bicyclic) bond motifs is 1. The van der Waals surface area contributed by atoms with Crippen molar-refractivity contribution in [2.45, 2.75) is 26.1 Å². The molecule has 1 aromatic heterocycles. The van der Waals surface area contributed by atoms with E-state index in [1.807, 2.05) is 29.2 Å². The summed E-state index contributed by atoms with van der Waals surface area (Å²) in [4.78, 5) is 39.8. The number of benzene rings is 2. The number of rotatable bonds is 8. The van der Waals surface area contributed by atoms with Crippen molar-refractivity contribution in [2.24, 2.45) is 0 Å². The van der Waals surface area contributed by atoms with Gasteiger partial charge >= 0.3 is 6.18 Å². The molecule has 1 aliphatic rings. The molecule has 0 bridgehead atoms. The van der Waals surface area contributed by atoms with Gasteiger partial charge in [0.05, 0.1) is 6.54 Å². The molecule has 0 radical (unpaired) electrons. The number of carbonyl (C=O) groups is 2. The predicted molar refractivity (Wildman–Crippen MR) is 147 cm³/mol. The van der Waals surface area contributed by atoms with Gasteiger partial charge in [0.2, 0.25) is 5.91 Å². The van der Waals surface area contributed by atoms with Crippen molar-refractivity contribution in [1.29, 1.82) is 5.26 Å². The number of alkyl halides is 3. The maximum Gasteiger partial charge on any atom is 0.405 e. The predicted octanol–water partition coefficient (Wildman–Crippen LogP) is 2.13. The number of nitrogens with zero attached hydrogens (tertiary/aromatic N) is 3. The van der Waals surface area contributed by atoms with Crippen LogP contribution in [0.5, 0.6) is 0 Å². The van der Waals surface area contributed by atoms with Gasteiger partial charge in [0.25, 0.3) is 11.5 Å². The smallest absolute Gasteiger partial charge is 0.362 e. The van der Waals surface area contributed by atoms with Crippen molar-refractivity contribution >= 4 is 52.0 Å². The molecule has 0 unspecified atom stereocenters. The minimum absolute atomic E-state index is 0.0489. The van der Waals surface area contributed by atoms with Gasteiger partial charge in [-0.15, -0.1) is 11.3 Å². The third-order valence-corrected chi connectivity index (χ3v) is 7.19. The molecule has 0 atom stereocenters. The summed E-state index contributed by atoms with van der Waals surface area (Å²) >= 11 is 0.807. The molecule has 4 rings (SSSR count). The van der Waals surface area contributed by atoms with E-state index in [9.17, 15) is 32.8 Å². The van der Waals surface area contributed by atoms with Crippen molar-refractivity contribution in [3.05, 3.63) is 73.6 Å². The van der Waals surface area contributed by atoms with E-state index in [1.165, 1.54) is 11.8 Å². The van der Waals surface area contributed by atoms with Gasteiger partial charge in [-0.05, 0) is 43.2 Å². The van der Waals surface area contributed by atoms with E-state index in [2.05, 4.69) is 10.6 Å². The van der Waals surface area contributed by atoms with E-state index in [1.54, 1.807) is 42.6 Å². The maximum atomic E-state index is 12.9. The van der Waals surface area contributed by atoms with E-state index in [4.69, 9.17) is 0 Å². The number of para-hydroxylation sites is 1. The van der Waals surface area contributed by atoms with Gasteiger partial charge in [-0.1, -0.05) is 24.3 Å². The molecule has 13 heteroatoms. The van der Waals surface area contributed by atoms with E-state index < -0.39 is 29.8 Å². The molecular formula is C27H25F3N6O3S. The quantitative estimate of drug-likeness (QED) is 0.382. The topological polar surface area (TPSA) is 119 Å².